The third-order valence-corrected chi connectivity index (χ3v) is 2.90. The Bertz CT molecular complexity index is 661. The summed E-state index contributed by atoms with van der Waals surface area (Å²) in [5, 5.41) is 0. The topological polar surface area (TPSA) is 26.3 Å². The lowest BCUT2D eigenvalue weighted by atomic mass is 10.1. The molecular formula is C16H12F4O2. The fourth-order valence-electron chi connectivity index (χ4n) is 1.79. The Labute approximate surface area is 124 Å². The molecule has 1 atom stereocenters. The molecule has 0 bridgehead atoms. The number of ketones is 1. The van der Waals surface area contributed by atoms with E-state index in [0.717, 1.165) is 19.1 Å². The van der Waals surface area contributed by atoms with Crippen molar-refractivity contribution in [3.63, 3.8) is 0 Å². The van der Waals surface area contributed by atoms with Crippen LogP contribution in [0.2, 0.25) is 0 Å². The Morgan fingerprint density at radius 1 is 1.05 bits per heavy atom. The van der Waals surface area contributed by atoms with Gasteiger partial charge in [0.25, 0.3) is 0 Å². The number of carbonyl (C=O) groups excluding carboxylic acids is 1. The molecule has 0 aliphatic carbocycles. The Kier molecular flexibility index (Phi) is 4.49. The van der Waals surface area contributed by atoms with Gasteiger partial charge in [-0.25, -0.2) is 4.39 Å². The van der Waals surface area contributed by atoms with Crippen molar-refractivity contribution in [1.29, 1.82) is 0 Å². The number of ether oxygens (including phenoxy) is 1. The molecule has 0 amide bonds. The number of alkyl halides is 4. The van der Waals surface area contributed by atoms with Crippen molar-refractivity contribution in [3.8, 4) is 11.5 Å². The van der Waals surface area contributed by atoms with E-state index in [0.29, 0.717) is 0 Å². The molecule has 0 aliphatic rings. The van der Waals surface area contributed by atoms with E-state index < -0.39 is 23.7 Å². The zero-order valence-corrected chi connectivity index (χ0v) is 11.5. The Balaban J connectivity index is 2.16. The van der Waals surface area contributed by atoms with Gasteiger partial charge in [0.1, 0.15) is 11.5 Å². The number of carbonyl (C=O) groups is 1. The highest BCUT2D eigenvalue weighted by molar-refractivity contribution is 5.99. The number of Topliss-reactive ketones (excluding diaryl/α,β-unsaturated/α-hetero) is 1. The summed E-state index contributed by atoms with van der Waals surface area (Å²) < 4.78 is 56.0. The highest BCUT2D eigenvalue weighted by atomic mass is 19.4. The van der Waals surface area contributed by atoms with E-state index in [1.807, 2.05) is 0 Å². The second-order valence-electron chi connectivity index (χ2n) is 4.63. The quantitative estimate of drug-likeness (QED) is 0.584. The minimum absolute atomic E-state index is 0.0211. The monoisotopic (exact) mass is 312 g/mol. The fourth-order valence-corrected chi connectivity index (χ4v) is 1.79. The van der Waals surface area contributed by atoms with Crippen LogP contribution in [-0.4, -0.2) is 12.0 Å². The molecule has 0 spiro atoms. The van der Waals surface area contributed by atoms with Crippen molar-refractivity contribution in [2.75, 3.05) is 0 Å². The zero-order chi connectivity index (χ0) is 16.3. The van der Waals surface area contributed by atoms with E-state index in [-0.39, 0.29) is 17.1 Å². The summed E-state index contributed by atoms with van der Waals surface area (Å²) in [6.07, 6.45) is -6.07. The molecule has 0 fully saturated rings. The molecule has 0 N–H and O–H groups in total. The first-order valence-corrected chi connectivity index (χ1v) is 6.41. The molecule has 22 heavy (non-hydrogen) atoms. The van der Waals surface area contributed by atoms with E-state index in [4.69, 9.17) is 4.74 Å². The molecule has 2 aromatic carbocycles. The Morgan fingerprint density at radius 3 is 2.23 bits per heavy atom. The van der Waals surface area contributed by atoms with Gasteiger partial charge in [0.15, 0.2) is 12.0 Å². The summed E-state index contributed by atoms with van der Waals surface area (Å²) in [4.78, 5) is 11.4. The average Bonchev–Trinajstić information content (AvgIpc) is 2.46. The first-order chi connectivity index (χ1) is 10.3. The first kappa shape index (κ1) is 16.0. The summed E-state index contributed by atoms with van der Waals surface area (Å²) in [5.74, 6) is -0.388. The zero-order valence-electron chi connectivity index (χ0n) is 11.5. The molecule has 0 saturated carbocycles. The van der Waals surface area contributed by atoms with Crippen LogP contribution >= 0.6 is 0 Å². The normalized spacial score (nSPS) is 12.8. The van der Waals surface area contributed by atoms with Gasteiger partial charge >= 0.3 is 6.18 Å². The van der Waals surface area contributed by atoms with Crippen LogP contribution in [0.25, 0.3) is 0 Å². The summed E-state index contributed by atoms with van der Waals surface area (Å²) in [7, 11) is 0. The standard InChI is InChI=1S/C16H12F4O2/c1-10(17)15(21)11-5-7-13(8-6-11)22-14-4-2-3-12(9-14)16(18,19)20/h2-10H,1H3. The van der Waals surface area contributed by atoms with E-state index in [1.54, 1.807) is 0 Å². The molecule has 1 unspecified atom stereocenters. The fraction of sp³-hybridized carbons (Fsp3) is 0.188. The first-order valence-electron chi connectivity index (χ1n) is 6.41. The molecule has 0 radical (unpaired) electrons. The molecule has 0 saturated heterocycles. The minimum Gasteiger partial charge on any atom is -0.457 e. The van der Waals surface area contributed by atoms with Crippen LogP contribution in [0.1, 0.15) is 22.8 Å². The maximum absolute atomic E-state index is 12.9. The van der Waals surface area contributed by atoms with Crippen LogP contribution in [0.4, 0.5) is 17.6 Å². The van der Waals surface area contributed by atoms with Gasteiger partial charge in [0, 0.05) is 5.56 Å². The molecule has 0 aliphatic heterocycles. The maximum Gasteiger partial charge on any atom is 0.416 e. The molecule has 0 aromatic heterocycles. The highest BCUT2D eigenvalue weighted by Crippen LogP contribution is 2.32. The molecule has 0 heterocycles. The second-order valence-corrected chi connectivity index (χ2v) is 4.63. The lowest BCUT2D eigenvalue weighted by Crippen LogP contribution is -2.11. The molecule has 116 valence electrons. The van der Waals surface area contributed by atoms with E-state index in [9.17, 15) is 22.4 Å². The van der Waals surface area contributed by atoms with Gasteiger partial charge in [-0.3, -0.25) is 4.79 Å². The second kappa shape index (κ2) is 6.17. The van der Waals surface area contributed by atoms with Crippen molar-refractivity contribution in [2.24, 2.45) is 0 Å². The van der Waals surface area contributed by atoms with Crippen LogP contribution in [0.5, 0.6) is 11.5 Å². The van der Waals surface area contributed by atoms with Gasteiger partial charge in [-0.1, -0.05) is 6.07 Å². The smallest absolute Gasteiger partial charge is 0.416 e. The third-order valence-electron chi connectivity index (χ3n) is 2.90. The van der Waals surface area contributed by atoms with Gasteiger partial charge in [-0.15, -0.1) is 0 Å². The molecular weight excluding hydrogens is 300 g/mol. The predicted molar refractivity (Wildman–Crippen MR) is 72.9 cm³/mol. The van der Waals surface area contributed by atoms with E-state index in [2.05, 4.69) is 0 Å². The van der Waals surface area contributed by atoms with Crippen LogP contribution in [0.15, 0.2) is 48.5 Å². The number of hydrogen-bond donors (Lipinski definition) is 0. The lowest BCUT2D eigenvalue weighted by Gasteiger charge is -2.10. The van der Waals surface area contributed by atoms with Crippen LogP contribution < -0.4 is 4.74 Å². The van der Waals surface area contributed by atoms with Crippen molar-refractivity contribution in [1.82, 2.24) is 0 Å². The van der Waals surface area contributed by atoms with E-state index >= 15 is 0 Å². The maximum atomic E-state index is 12.9. The van der Waals surface area contributed by atoms with E-state index in [1.165, 1.54) is 36.4 Å². The Morgan fingerprint density at radius 2 is 1.68 bits per heavy atom. The van der Waals surface area contributed by atoms with Crippen LogP contribution in [0.3, 0.4) is 0 Å². The van der Waals surface area contributed by atoms with Crippen LogP contribution in [0, 0.1) is 0 Å². The lowest BCUT2D eigenvalue weighted by molar-refractivity contribution is -0.137. The van der Waals surface area contributed by atoms with Gasteiger partial charge in [0.05, 0.1) is 5.56 Å². The molecule has 2 rings (SSSR count). The summed E-state index contributed by atoms with van der Waals surface area (Å²) >= 11 is 0. The third kappa shape index (κ3) is 3.84. The minimum atomic E-state index is -4.45. The number of benzene rings is 2. The van der Waals surface area contributed by atoms with Gasteiger partial charge in [-0.2, -0.15) is 13.2 Å². The SMILES string of the molecule is CC(F)C(=O)c1ccc(Oc2cccc(C(F)(F)F)c2)cc1. The molecule has 2 aromatic rings. The van der Waals surface area contributed by atoms with Crippen molar-refractivity contribution in [3.05, 3.63) is 59.7 Å². The molecule has 6 heteroatoms. The van der Waals surface area contributed by atoms with Gasteiger partial charge < -0.3 is 4.74 Å². The van der Waals surface area contributed by atoms with Gasteiger partial charge in [-0.05, 0) is 49.4 Å². The highest BCUT2D eigenvalue weighted by Gasteiger charge is 2.30. The Hall–Kier alpha value is -2.37. The largest absolute Gasteiger partial charge is 0.457 e. The number of hydrogen-bond acceptors (Lipinski definition) is 2. The number of halogens is 4. The number of rotatable bonds is 4. The van der Waals surface area contributed by atoms with Crippen molar-refractivity contribution < 1.29 is 27.1 Å². The average molecular weight is 312 g/mol. The van der Waals surface area contributed by atoms with Crippen molar-refractivity contribution in [2.45, 2.75) is 19.3 Å². The van der Waals surface area contributed by atoms with Crippen LogP contribution in [-0.2, 0) is 6.18 Å². The summed E-state index contributed by atoms with van der Waals surface area (Å²) in [5.41, 5.74) is -0.644. The van der Waals surface area contributed by atoms with Crippen molar-refractivity contribution >= 4 is 5.78 Å². The summed E-state index contributed by atoms with van der Waals surface area (Å²) in [6, 6.07) is 9.97. The molecule has 2 nitrogen and oxygen atoms in total. The van der Waals surface area contributed by atoms with Gasteiger partial charge in [0.2, 0.25) is 0 Å². The summed E-state index contributed by atoms with van der Waals surface area (Å²) in [6.45, 7) is 1.13. The predicted octanol–water partition coefficient (Wildman–Crippen LogP) is 5.04.